The lowest BCUT2D eigenvalue weighted by Crippen LogP contribution is -2.06. The maximum Gasteiger partial charge on any atom is 0.240 e. The van der Waals surface area contributed by atoms with Crippen molar-refractivity contribution in [3.05, 3.63) is 53.7 Å². The highest BCUT2D eigenvalue weighted by atomic mass is 15.3. The third kappa shape index (κ3) is 1.89. The Morgan fingerprint density at radius 3 is 2.58 bits per heavy atom. The van der Waals surface area contributed by atoms with E-state index in [1.54, 1.807) is 4.52 Å². The largest absolute Gasteiger partial charge is 0.382 e. The molecule has 5 nitrogen and oxygen atoms in total. The van der Waals surface area contributed by atoms with Crippen molar-refractivity contribution >= 4 is 17.3 Å². The van der Waals surface area contributed by atoms with E-state index in [2.05, 4.69) is 29.1 Å². The van der Waals surface area contributed by atoms with Crippen molar-refractivity contribution < 1.29 is 0 Å². The summed E-state index contributed by atoms with van der Waals surface area (Å²) in [5.74, 6) is 0.815. The number of nitrogens with two attached hydrogens (primary N) is 2. The first-order chi connectivity index (χ1) is 9.16. The zero-order valence-corrected chi connectivity index (χ0v) is 10.6. The van der Waals surface area contributed by atoms with Crippen molar-refractivity contribution in [2.75, 3.05) is 11.5 Å². The lowest BCUT2D eigenvalue weighted by Gasteiger charge is -2.12. The van der Waals surface area contributed by atoms with Gasteiger partial charge in [0.05, 0.1) is 0 Å². The molecule has 0 bridgehead atoms. The van der Waals surface area contributed by atoms with Crippen LogP contribution in [0, 0.1) is 0 Å². The molecule has 0 radical (unpaired) electrons. The van der Waals surface area contributed by atoms with Crippen LogP contribution in [-0.2, 0) is 0 Å². The predicted molar refractivity (Wildman–Crippen MR) is 75.8 cm³/mol. The molecule has 96 valence electrons. The van der Waals surface area contributed by atoms with Gasteiger partial charge >= 0.3 is 0 Å². The predicted octanol–water partition coefficient (Wildman–Crippen LogP) is 2.05. The van der Waals surface area contributed by atoms with Crippen LogP contribution in [0.5, 0.6) is 0 Å². The van der Waals surface area contributed by atoms with E-state index in [-0.39, 0.29) is 11.9 Å². The van der Waals surface area contributed by atoms with E-state index in [4.69, 9.17) is 11.5 Å². The highest BCUT2D eigenvalue weighted by molar-refractivity contribution is 5.72. The summed E-state index contributed by atoms with van der Waals surface area (Å²) in [5, 5.41) is 4.14. The van der Waals surface area contributed by atoms with Gasteiger partial charge in [0.25, 0.3) is 0 Å². The molecule has 0 amide bonds. The van der Waals surface area contributed by atoms with Crippen molar-refractivity contribution in [3.63, 3.8) is 0 Å². The first-order valence-electron chi connectivity index (χ1n) is 6.12. The maximum atomic E-state index is 5.97. The molecule has 0 saturated heterocycles. The summed E-state index contributed by atoms with van der Waals surface area (Å²) in [5.41, 5.74) is 14.7. The summed E-state index contributed by atoms with van der Waals surface area (Å²) < 4.78 is 1.69. The minimum absolute atomic E-state index is 0.180. The molecule has 4 N–H and O–H groups in total. The van der Waals surface area contributed by atoms with E-state index in [0.717, 1.165) is 11.1 Å². The first-order valence-corrected chi connectivity index (χ1v) is 6.12. The lowest BCUT2D eigenvalue weighted by molar-refractivity contribution is 0.900. The van der Waals surface area contributed by atoms with Crippen LogP contribution in [0.3, 0.4) is 0 Å². The second-order valence-corrected chi connectivity index (χ2v) is 4.55. The fourth-order valence-electron chi connectivity index (χ4n) is 2.37. The maximum absolute atomic E-state index is 5.97. The monoisotopic (exact) mass is 253 g/mol. The molecule has 19 heavy (non-hydrogen) atoms. The number of rotatable bonds is 2. The molecule has 0 aliphatic rings. The van der Waals surface area contributed by atoms with E-state index in [9.17, 15) is 0 Å². The summed E-state index contributed by atoms with van der Waals surface area (Å²) in [6, 6.07) is 12.3. The highest BCUT2D eigenvalue weighted by Gasteiger charge is 2.16. The van der Waals surface area contributed by atoms with Gasteiger partial charge in [-0.05, 0) is 17.2 Å². The Bertz CT molecular complexity index is 717. The van der Waals surface area contributed by atoms with Crippen molar-refractivity contribution in [2.45, 2.75) is 12.8 Å². The van der Waals surface area contributed by atoms with E-state index in [0.29, 0.717) is 5.82 Å². The van der Waals surface area contributed by atoms with Gasteiger partial charge in [0.15, 0.2) is 5.82 Å². The van der Waals surface area contributed by atoms with Gasteiger partial charge < -0.3 is 11.5 Å². The Labute approximate surface area is 110 Å². The van der Waals surface area contributed by atoms with E-state index in [1.807, 2.05) is 30.5 Å². The fraction of sp³-hybridized carbons (Fsp3) is 0.143. The number of hydrogen-bond donors (Lipinski definition) is 2. The number of nitrogen functional groups attached to an aromatic ring is 2. The van der Waals surface area contributed by atoms with Crippen molar-refractivity contribution in [2.24, 2.45) is 0 Å². The topological polar surface area (TPSA) is 82.2 Å². The molecule has 3 aromatic rings. The average Bonchev–Trinajstić information content (AvgIpc) is 2.83. The van der Waals surface area contributed by atoms with E-state index in [1.165, 1.54) is 5.56 Å². The summed E-state index contributed by atoms with van der Waals surface area (Å²) in [7, 11) is 0. The Hall–Kier alpha value is -2.56. The number of aromatic nitrogens is 3. The summed E-state index contributed by atoms with van der Waals surface area (Å²) in [6.45, 7) is 2.14. The Kier molecular flexibility index (Phi) is 2.59. The molecule has 0 saturated carbocycles. The molecule has 2 heterocycles. The molecule has 0 aliphatic carbocycles. The Morgan fingerprint density at radius 2 is 1.84 bits per heavy atom. The summed E-state index contributed by atoms with van der Waals surface area (Å²) >= 11 is 0. The summed E-state index contributed by atoms with van der Waals surface area (Å²) in [4.78, 5) is 4.03. The molecule has 5 heteroatoms. The molecule has 0 aliphatic heterocycles. The molecule has 1 atom stereocenters. The van der Waals surface area contributed by atoms with E-state index >= 15 is 0 Å². The van der Waals surface area contributed by atoms with Crippen LogP contribution in [0.1, 0.15) is 24.0 Å². The number of nitrogens with zero attached hydrogens (tertiary/aromatic N) is 3. The van der Waals surface area contributed by atoms with Gasteiger partial charge in [-0.1, -0.05) is 37.3 Å². The van der Waals surface area contributed by atoms with Gasteiger partial charge in [0.1, 0.15) is 5.52 Å². The van der Waals surface area contributed by atoms with Crippen LogP contribution >= 0.6 is 0 Å². The molecule has 0 spiro atoms. The smallest absolute Gasteiger partial charge is 0.240 e. The molecular weight excluding hydrogens is 238 g/mol. The zero-order chi connectivity index (χ0) is 13.4. The van der Waals surface area contributed by atoms with Gasteiger partial charge in [0.2, 0.25) is 5.95 Å². The molecule has 0 unspecified atom stereocenters. The molecular formula is C14H15N5. The third-order valence-electron chi connectivity index (χ3n) is 3.35. The van der Waals surface area contributed by atoms with Crippen LogP contribution in [-0.4, -0.2) is 14.6 Å². The average molecular weight is 253 g/mol. The SMILES string of the molecule is C[C@H](c1ccccc1)c1ccn2nc(N)nc(N)c12. The number of benzene rings is 1. The highest BCUT2D eigenvalue weighted by Crippen LogP contribution is 2.30. The second kappa shape index (κ2) is 4.28. The number of hydrogen-bond acceptors (Lipinski definition) is 4. The molecule has 2 aromatic heterocycles. The second-order valence-electron chi connectivity index (χ2n) is 4.55. The first kappa shape index (κ1) is 11.5. The van der Waals surface area contributed by atoms with Crippen LogP contribution < -0.4 is 11.5 Å². The minimum atomic E-state index is 0.180. The normalized spacial score (nSPS) is 12.7. The van der Waals surface area contributed by atoms with Crippen LogP contribution in [0.4, 0.5) is 11.8 Å². The molecule has 1 aromatic carbocycles. The molecule has 3 rings (SSSR count). The van der Waals surface area contributed by atoms with E-state index < -0.39 is 0 Å². The Morgan fingerprint density at radius 1 is 1.11 bits per heavy atom. The lowest BCUT2D eigenvalue weighted by atomic mass is 9.94. The van der Waals surface area contributed by atoms with Gasteiger partial charge in [-0.3, -0.25) is 0 Å². The third-order valence-corrected chi connectivity index (χ3v) is 3.35. The molecule has 0 fully saturated rings. The van der Waals surface area contributed by atoms with Gasteiger partial charge in [-0.15, -0.1) is 5.10 Å². The minimum Gasteiger partial charge on any atom is -0.382 e. The van der Waals surface area contributed by atoms with Gasteiger partial charge in [-0.25, -0.2) is 4.52 Å². The fourth-order valence-corrected chi connectivity index (χ4v) is 2.37. The number of fused-ring (bicyclic) bond motifs is 1. The zero-order valence-electron chi connectivity index (χ0n) is 10.6. The van der Waals surface area contributed by atoms with Crippen LogP contribution in [0.15, 0.2) is 42.6 Å². The van der Waals surface area contributed by atoms with Crippen LogP contribution in [0.2, 0.25) is 0 Å². The quantitative estimate of drug-likeness (QED) is 0.732. The van der Waals surface area contributed by atoms with Crippen LogP contribution in [0.25, 0.3) is 5.52 Å². The Balaban J connectivity index is 2.16. The standard InChI is InChI=1S/C14H15N5/c1-9(10-5-3-2-4-6-10)11-7-8-19-12(11)13(15)17-14(16)18-19/h2-9H,1H3,(H4,15,16,17,18)/t9-/m1/s1. The summed E-state index contributed by atoms with van der Waals surface area (Å²) in [6.07, 6.45) is 1.86. The number of anilines is 2. The van der Waals surface area contributed by atoms with Gasteiger partial charge in [0, 0.05) is 12.1 Å². The van der Waals surface area contributed by atoms with Crippen molar-refractivity contribution in [3.8, 4) is 0 Å². The van der Waals surface area contributed by atoms with Gasteiger partial charge in [-0.2, -0.15) is 4.98 Å². The van der Waals surface area contributed by atoms with Crippen molar-refractivity contribution in [1.29, 1.82) is 0 Å². The van der Waals surface area contributed by atoms with Crippen molar-refractivity contribution in [1.82, 2.24) is 14.6 Å².